The van der Waals surface area contributed by atoms with Gasteiger partial charge in [0.2, 0.25) is 0 Å². The molecular formula is C15H16O5. The molecule has 1 aliphatic carbocycles. The Labute approximate surface area is 116 Å². The summed E-state index contributed by atoms with van der Waals surface area (Å²) in [5.41, 5.74) is 0.976. The van der Waals surface area contributed by atoms with Crippen LogP contribution in [0.5, 0.6) is 0 Å². The summed E-state index contributed by atoms with van der Waals surface area (Å²) < 4.78 is 10.7. The number of hydrogen-bond acceptors (Lipinski definition) is 5. The molecule has 0 spiro atoms. The Morgan fingerprint density at radius 2 is 2.10 bits per heavy atom. The van der Waals surface area contributed by atoms with E-state index in [1.54, 1.807) is 0 Å². The first-order valence-electron chi connectivity index (χ1n) is 6.71. The van der Waals surface area contributed by atoms with Gasteiger partial charge in [-0.15, -0.1) is 0 Å². The van der Waals surface area contributed by atoms with Crippen molar-refractivity contribution in [1.82, 2.24) is 0 Å². The van der Waals surface area contributed by atoms with Crippen LogP contribution >= 0.6 is 0 Å². The third-order valence-corrected chi connectivity index (χ3v) is 4.08. The monoisotopic (exact) mass is 276 g/mol. The fraction of sp³-hybridized carbons (Fsp3) is 0.467. The van der Waals surface area contributed by atoms with E-state index in [9.17, 15) is 14.7 Å². The zero-order valence-corrected chi connectivity index (χ0v) is 11.4. The van der Waals surface area contributed by atoms with Crippen molar-refractivity contribution in [2.75, 3.05) is 6.61 Å². The summed E-state index contributed by atoms with van der Waals surface area (Å²) in [6.07, 6.45) is 1.80. The third kappa shape index (κ3) is 1.73. The van der Waals surface area contributed by atoms with E-state index < -0.39 is 5.78 Å². The van der Waals surface area contributed by atoms with Crippen LogP contribution in [0.4, 0.5) is 0 Å². The predicted octanol–water partition coefficient (Wildman–Crippen LogP) is 2.10. The average molecular weight is 276 g/mol. The van der Waals surface area contributed by atoms with Crippen LogP contribution in [0.15, 0.2) is 22.0 Å². The second-order valence-electron chi connectivity index (χ2n) is 5.61. The molecule has 3 rings (SSSR count). The van der Waals surface area contributed by atoms with Gasteiger partial charge in [0, 0.05) is 11.1 Å². The van der Waals surface area contributed by atoms with Gasteiger partial charge >= 0.3 is 0 Å². The summed E-state index contributed by atoms with van der Waals surface area (Å²) in [6.45, 7) is 4.25. The van der Waals surface area contributed by atoms with Crippen LogP contribution in [0.3, 0.4) is 0 Å². The van der Waals surface area contributed by atoms with E-state index >= 15 is 0 Å². The van der Waals surface area contributed by atoms with Gasteiger partial charge in [-0.05, 0) is 18.3 Å². The third-order valence-electron chi connectivity index (χ3n) is 4.08. The summed E-state index contributed by atoms with van der Waals surface area (Å²) in [6, 6.07) is 0. The molecule has 1 N–H and O–H groups in total. The van der Waals surface area contributed by atoms with Crippen molar-refractivity contribution in [2.45, 2.75) is 26.9 Å². The molecule has 5 heteroatoms. The number of fused-ring (bicyclic) bond motifs is 1. The topological polar surface area (TPSA) is 76.7 Å². The van der Waals surface area contributed by atoms with Gasteiger partial charge in [0.1, 0.15) is 0 Å². The fourth-order valence-corrected chi connectivity index (χ4v) is 2.70. The summed E-state index contributed by atoms with van der Waals surface area (Å²) in [5.74, 6) is 0.0554. The van der Waals surface area contributed by atoms with Gasteiger partial charge in [-0.3, -0.25) is 9.59 Å². The smallest absolute Gasteiger partial charge is 0.263 e. The van der Waals surface area contributed by atoms with Crippen LogP contribution in [0.25, 0.3) is 0 Å². The molecule has 0 amide bonds. The Balaban J connectivity index is 2.06. The van der Waals surface area contributed by atoms with Crippen molar-refractivity contribution in [3.05, 3.63) is 34.5 Å². The Morgan fingerprint density at radius 1 is 1.35 bits per heavy atom. The van der Waals surface area contributed by atoms with E-state index in [4.69, 9.17) is 9.15 Å². The van der Waals surface area contributed by atoms with Gasteiger partial charge in [-0.1, -0.05) is 13.8 Å². The molecule has 106 valence electrons. The van der Waals surface area contributed by atoms with E-state index in [2.05, 4.69) is 13.8 Å². The lowest BCUT2D eigenvalue weighted by atomic mass is 9.81. The maximum absolute atomic E-state index is 12.5. The molecule has 0 saturated carbocycles. The Bertz CT molecular complexity index is 620. The Hall–Kier alpha value is -1.88. The van der Waals surface area contributed by atoms with E-state index in [1.165, 1.54) is 6.26 Å². The second kappa shape index (κ2) is 4.59. The van der Waals surface area contributed by atoms with Crippen molar-refractivity contribution < 1.29 is 23.8 Å². The number of rotatable bonds is 2. The van der Waals surface area contributed by atoms with Crippen molar-refractivity contribution in [3.8, 4) is 0 Å². The van der Waals surface area contributed by atoms with Crippen LogP contribution in [-0.4, -0.2) is 23.3 Å². The second-order valence-corrected chi connectivity index (χ2v) is 5.61. The molecule has 0 aromatic carbocycles. The number of Topliss-reactive ketones (excluding diaryl/α,β-unsaturated/α-hetero) is 2. The Kier molecular flexibility index (Phi) is 3.01. The molecule has 1 aromatic rings. The highest BCUT2D eigenvalue weighted by molar-refractivity contribution is 6.25. The van der Waals surface area contributed by atoms with E-state index in [1.807, 2.05) is 0 Å². The van der Waals surface area contributed by atoms with Gasteiger partial charge in [-0.25, -0.2) is 0 Å². The maximum atomic E-state index is 12.5. The predicted molar refractivity (Wildman–Crippen MR) is 69.2 cm³/mol. The number of hydrogen-bond donors (Lipinski definition) is 1. The van der Waals surface area contributed by atoms with Gasteiger partial charge in [0.05, 0.1) is 25.0 Å². The van der Waals surface area contributed by atoms with Crippen molar-refractivity contribution in [1.29, 1.82) is 0 Å². The van der Waals surface area contributed by atoms with Crippen LogP contribution in [0, 0.1) is 11.8 Å². The van der Waals surface area contributed by atoms with Gasteiger partial charge < -0.3 is 14.3 Å². The highest BCUT2D eigenvalue weighted by Gasteiger charge is 2.41. The maximum Gasteiger partial charge on any atom is 0.263 e. The fourth-order valence-electron chi connectivity index (χ4n) is 2.70. The SMILES string of the molecule is CC(C)C1COC2=C(C1)C(=O)c1c(CO)coc1C2=O. The molecule has 1 aliphatic heterocycles. The number of ketones is 2. The highest BCUT2D eigenvalue weighted by Crippen LogP contribution is 2.38. The molecule has 0 saturated heterocycles. The Morgan fingerprint density at radius 3 is 2.75 bits per heavy atom. The van der Waals surface area contributed by atoms with E-state index in [-0.39, 0.29) is 35.4 Å². The number of aliphatic hydroxyl groups is 1. The first kappa shape index (κ1) is 13.1. The molecular weight excluding hydrogens is 260 g/mol. The molecule has 2 heterocycles. The van der Waals surface area contributed by atoms with E-state index in [0.717, 1.165) is 0 Å². The summed E-state index contributed by atoms with van der Waals surface area (Å²) in [7, 11) is 0. The molecule has 2 aliphatic rings. The minimum atomic E-state index is -0.392. The summed E-state index contributed by atoms with van der Waals surface area (Å²) in [4.78, 5) is 24.8. The zero-order chi connectivity index (χ0) is 14.4. The number of aliphatic hydroxyl groups excluding tert-OH is 1. The standard InChI is InChI=1S/C15H16O5/c1-7(2)8-3-10-12(17)11-9(4-16)6-20-15(11)13(18)14(10)19-5-8/h6-8,16H,3-5H2,1-2H3. The molecule has 20 heavy (non-hydrogen) atoms. The number of furan rings is 1. The molecule has 0 fully saturated rings. The minimum absolute atomic E-state index is 0.0132. The van der Waals surface area contributed by atoms with Crippen molar-refractivity contribution >= 4 is 11.6 Å². The number of carbonyl (C=O) groups is 2. The lowest BCUT2D eigenvalue weighted by molar-refractivity contribution is 0.0696. The van der Waals surface area contributed by atoms with Crippen molar-refractivity contribution in [2.24, 2.45) is 11.8 Å². The quantitative estimate of drug-likeness (QED) is 0.895. The van der Waals surface area contributed by atoms with Crippen LogP contribution < -0.4 is 0 Å². The summed E-state index contributed by atoms with van der Waals surface area (Å²) in [5, 5.41) is 9.25. The average Bonchev–Trinajstić information content (AvgIpc) is 2.88. The molecule has 0 radical (unpaired) electrons. The minimum Gasteiger partial charge on any atom is -0.489 e. The van der Waals surface area contributed by atoms with Gasteiger partial charge in [0.15, 0.2) is 17.3 Å². The van der Waals surface area contributed by atoms with Crippen molar-refractivity contribution in [3.63, 3.8) is 0 Å². The molecule has 1 atom stereocenters. The highest BCUT2D eigenvalue weighted by atomic mass is 16.5. The zero-order valence-electron chi connectivity index (χ0n) is 11.4. The molecule has 1 aromatic heterocycles. The molecule has 0 bridgehead atoms. The van der Waals surface area contributed by atoms with Gasteiger partial charge in [0.25, 0.3) is 5.78 Å². The number of allylic oxidation sites excluding steroid dienone is 2. The first-order chi connectivity index (χ1) is 9.54. The lowest BCUT2D eigenvalue weighted by Crippen LogP contribution is -2.32. The summed E-state index contributed by atoms with van der Waals surface area (Å²) >= 11 is 0. The molecule has 1 unspecified atom stereocenters. The number of carbonyl (C=O) groups excluding carboxylic acids is 2. The normalized spacial score (nSPS) is 21.9. The van der Waals surface area contributed by atoms with E-state index in [0.29, 0.717) is 30.1 Å². The number of ether oxygens (including phenoxy) is 1. The lowest BCUT2D eigenvalue weighted by Gasteiger charge is -2.30. The van der Waals surface area contributed by atoms with Gasteiger partial charge in [-0.2, -0.15) is 0 Å². The van der Waals surface area contributed by atoms with Crippen LogP contribution in [-0.2, 0) is 11.3 Å². The largest absolute Gasteiger partial charge is 0.489 e. The van der Waals surface area contributed by atoms with Crippen LogP contribution in [0.2, 0.25) is 0 Å². The first-order valence-corrected chi connectivity index (χ1v) is 6.71. The molecule has 5 nitrogen and oxygen atoms in total. The van der Waals surface area contributed by atoms with Crippen LogP contribution in [0.1, 0.15) is 46.7 Å².